The van der Waals surface area contributed by atoms with Gasteiger partial charge in [-0.3, -0.25) is 0 Å². The van der Waals surface area contributed by atoms with Crippen molar-refractivity contribution in [2.24, 2.45) is 0 Å². The van der Waals surface area contributed by atoms with Gasteiger partial charge in [-0.1, -0.05) is 17.8 Å². The van der Waals surface area contributed by atoms with Crippen LogP contribution in [0.5, 0.6) is 0 Å². The van der Waals surface area contributed by atoms with Crippen molar-refractivity contribution in [1.82, 2.24) is 0 Å². The molecule has 1 aromatic heterocycles. The first kappa shape index (κ1) is 12.6. The van der Waals surface area contributed by atoms with Crippen LogP contribution in [0.2, 0.25) is 0 Å². The molecule has 0 spiro atoms. The number of benzene rings is 1. The number of aliphatic hydroxyl groups excluding tert-OH is 1. The molecule has 0 amide bonds. The smallest absolute Gasteiger partial charge is 0.126 e. The Hall–Kier alpha value is -0.840. The predicted octanol–water partition coefficient (Wildman–Crippen LogP) is 4.40. The number of aliphatic hydroxyl groups is 1. The fraction of sp³-hybridized carbons (Fsp3) is 0.231. The fourth-order valence-corrected chi connectivity index (χ4v) is 3.54. The molecule has 4 heteroatoms. The number of aryl methyl sites for hydroxylation is 1. The van der Waals surface area contributed by atoms with E-state index in [1.165, 1.54) is 6.07 Å². The molecule has 1 atom stereocenters. The van der Waals surface area contributed by atoms with E-state index >= 15 is 0 Å². The summed E-state index contributed by atoms with van der Waals surface area (Å²) in [7, 11) is 0. The van der Waals surface area contributed by atoms with Gasteiger partial charge in [0.1, 0.15) is 5.82 Å². The minimum Gasteiger partial charge on any atom is -0.389 e. The maximum atomic E-state index is 13.5. The molecule has 1 nitrogen and oxygen atoms in total. The Labute approximate surface area is 108 Å². The Balaban J connectivity index is 2.41. The molecule has 0 fully saturated rings. The Morgan fingerprint density at radius 2 is 2.18 bits per heavy atom. The molecule has 1 aromatic carbocycles. The molecule has 17 heavy (non-hydrogen) atoms. The zero-order valence-electron chi connectivity index (χ0n) is 9.61. The first-order chi connectivity index (χ1) is 8.08. The quantitative estimate of drug-likeness (QED) is 0.890. The number of rotatable bonds is 3. The van der Waals surface area contributed by atoms with Crippen LogP contribution in [0.25, 0.3) is 0 Å². The molecular weight excluding hydrogens is 255 g/mol. The lowest BCUT2D eigenvalue weighted by atomic mass is 10.1. The van der Waals surface area contributed by atoms with Gasteiger partial charge in [0, 0.05) is 4.90 Å². The van der Waals surface area contributed by atoms with Crippen LogP contribution in [0.1, 0.15) is 24.2 Å². The van der Waals surface area contributed by atoms with Gasteiger partial charge in [0.15, 0.2) is 0 Å². The Kier molecular flexibility index (Phi) is 3.86. The zero-order valence-corrected chi connectivity index (χ0v) is 11.2. The summed E-state index contributed by atoms with van der Waals surface area (Å²) in [6, 6.07) is 7.21. The molecule has 0 unspecified atom stereocenters. The highest BCUT2D eigenvalue weighted by molar-refractivity contribution is 8.01. The van der Waals surface area contributed by atoms with Crippen LogP contribution in [-0.4, -0.2) is 5.11 Å². The normalized spacial score (nSPS) is 12.7. The highest BCUT2D eigenvalue weighted by Crippen LogP contribution is 2.36. The molecule has 0 bridgehead atoms. The predicted molar refractivity (Wildman–Crippen MR) is 70.2 cm³/mol. The van der Waals surface area contributed by atoms with Crippen LogP contribution in [0.4, 0.5) is 4.39 Å². The average molecular weight is 268 g/mol. The zero-order chi connectivity index (χ0) is 12.4. The Morgan fingerprint density at radius 1 is 1.41 bits per heavy atom. The third-order valence-corrected chi connectivity index (χ3v) is 4.56. The van der Waals surface area contributed by atoms with E-state index in [9.17, 15) is 9.50 Å². The molecule has 2 aromatic rings. The van der Waals surface area contributed by atoms with E-state index in [0.29, 0.717) is 11.1 Å². The second-order valence-corrected chi connectivity index (χ2v) is 6.14. The highest BCUT2D eigenvalue weighted by atomic mass is 32.2. The number of hydrogen-bond donors (Lipinski definition) is 1. The monoisotopic (exact) mass is 268 g/mol. The Morgan fingerprint density at radius 3 is 2.76 bits per heavy atom. The molecule has 0 saturated carbocycles. The molecule has 2 rings (SSSR count). The van der Waals surface area contributed by atoms with Gasteiger partial charge in [-0.2, -0.15) is 0 Å². The summed E-state index contributed by atoms with van der Waals surface area (Å²) < 4.78 is 14.6. The van der Waals surface area contributed by atoms with Gasteiger partial charge < -0.3 is 5.11 Å². The first-order valence-electron chi connectivity index (χ1n) is 5.27. The number of thiophene rings is 1. The second kappa shape index (κ2) is 5.21. The summed E-state index contributed by atoms with van der Waals surface area (Å²) in [6.45, 7) is 3.39. The van der Waals surface area contributed by atoms with Crippen LogP contribution in [0.3, 0.4) is 0 Å². The lowest BCUT2D eigenvalue weighted by Gasteiger charge is -2.12. The van der Waals surface area contributed by atoms with Gasteiger partial charge >= 0.3 is 0 Å². The van der Waals surface area contributed by atoms with E-state index in [4.69, 9.17) is 0 Å². The molecule has 0 aliphatic rings. The van der Waals surface area contributed by atoms with E-state index in [-0.39, 0.29) is 5.82 Å². The van der Waals surface area contributed by atoms with Crippen molar-refractivity contribution in [2.75, 3.05) is 0 Å². The lowest BCUT2D eigenvalue weighted by molar-refractivity contribution is 0.196. The number of hydrogen-bond acceptors (Lipinski definition) is 3. The van der Waals surface area contributed by atoms with Crippen molar-refractivity contribution in [3.8, 4) is 0 Å². The molecule has 1 heterocycles. The summed E-state index contributed by atoms with van der Waals surface area (Å²) in [4.78, 5) is 0.918. The summed E-state index contributed by atoms with van der Waals surface area (Å²) in [5.41, 5.74) is 1.25. The Bertz CT molecular complexity index is 506. The minimum atomic E-state index is -0.660. The van der Waals surface area contributed by atoms with Crippen molar-refractivity contribution in [2.45, 2.75) is 29.1 Å². The molecular formula is C13H13FOS2. The molecule has 90 valence electrons. The van der Waals surface area contributed by atoms with Crippen LogP contribution in [-0.2, 0) is 0 Å². The van der Waals surface area contributed by atoms with E-state index in [1.807, 2.05) is 17.5 Å². The topological polar surface area (TPSA) is 20.2 Å². The van der Waals surface area contributed by atoms with E-state index < -0.39 is 6.10 Å². The van der Waals surface area contributed by atoms with Gasteiger partial charge in [-0.25, -0.2) is 4.39 Å². The molecule has 0 aliphatic heterocycles. The van der Waals surface area contributed by atoms with Crippen LogP contribution >= 0.6 is 23.1 Å². The van der Waals surface area contributed by atoms with Gasteiger partial charge in [0.2, 0.25) is 0 Å². The summed E-state index contributed by atoms with van der Waals surface area (Å²) in [5.74, 6) is -0.267. The van der Waals surface area contributed by atoms with Crippen molar-refractivity contribution in [3.05, 3.63) is 46.6 Å². The summed E-state index contributed by atoms with van der Waals surface area (Å²) >= 11 is 3.20. The largest absolute Gasteiger partial charge is 0.389 e. The maximum Gasteiger partial charge on any atom is 0.126 e. The number of halogens is 1. The minimum absolute atomic E-state index is 0.267. The molecule has 0 aliphatic carbocycles. The molecule has 1 N–H and O–H groups in total. The SMILES string of the molecule is Cc1cc(Sc2cccs2)c([C@H](C)O)cc1F. The van der Waals surface area contributed by atoms with E-state index in [2.05, 4.69) is 0 Å². The third-order valence-electron chi connectivity index (χ3n) is 2.45. The van der Waals surface area contributed by atoms with Gasteiger partial charge in [-0.15, -0.1) is 11.3 Å². The van der Waals surface area contributed by atoms with E-state index in [1.54, 1.807) is 43.0 Å². The van der Waals surface area contributed by atoms with Crippen molar-refractivity contribution in [3.63, 3.8) is 0 Å². The standard InChI is InChI=1S/C13H13FOS2/c1-8-6-12(17-13-4-3-5-16-13)10(9(2)15)7-11(8)14/h3-7,9,15H,1-2H3/t9-/m0/s1. The van der Waals surface area contributed by atoms with Gasteiger partial charge in [0.05, 0.1) is 10.3 Å². The van der Waals surface area contributed by atoms with Crippen molar-refractivity contribution >= 4 is 23.1 Å². The highest BCUT2D eigenvalue weighted by Gasteiger charge is 2.13. The third kappa shape index (κ3) is 2.89. The van der Waals surface area contributed by atoms with Gasteiger partial charge in [-0.05, 0) is 48.6 Å². The van der Waals surface area contributed by atoms with Crippen LogP contribution in [0.15, 0.2) is 38.8 Å². The maximum absolute atomic E-state index is 13.5. The first-order valence-corrected chi connectivity index (χ1v) is 6.97. The summed E-state index contributed by atoms with van der Waals surface area (Å²) in [5, 5.41) is 11.7. The molecule has 0 saturated heterocycles. The summed E-state index contributed by atoms with van der Waals surface area (Å²) in [6.07, 6.45) is -0.660. The average Bonchev–Trinajstić information content (AvgIpc) is 2.75. The second-order valence-electron chi connectivity index (χ2n) is 3.85. The lowest BCUT2D eigenvalue weighted by Crippen LogP contribution is -1.97. The van der Waals surface area contributed by atoms with Crippen molar-refractivity contribution in [1.29, 1.82) is 0 Å². The van der Waals surface area contributed by atoms with E-state index in [0.717, 1.165) is 9.10 Å². The van der Waals surface area contributed by atoms with Gasteiger partial charge in [0.25, 0.3) is 0 Å². The van der Waals surface area contributed by atoms with Crippen LogP contribution in [0, 0.1) is 12.7 Å². The van der Waals surface area contributed by atoms with Crippen LogP contribution < -0.4 is 0 Å². The fourth-order valence-electron chi connectivity index (χ4n) is 1.52. The van der Waals surface area contributed by atoms with Crippen molar-refractivity contribution < 1.29 is 9.50 Å². The molecule has 0 radical (unpaired) electrons.